The number of nitrogens with one attached hydrogen (secondary N) is 1. The van der Waals surface area contributed by atoms with E-state index in [9.17, 15) is 0 Å². The van der Waals surface area contributed by atoms with Gasteiger partial charge in [0, 0.05) is 15.6 Å². The van der Waals surface area contributed by atoms with E-state index in [2.05, 4.69) is 33.5 Å². The van der Waals surface area contributed by atoms with Crippen LogP contribution < -0.4 is 5.32 Å². The van der Waals surface area contributed by atoms with E-state index < -0.39 is 0 Å². The average Bonchev–Trinajstić information content (AvgIpc) is 3.04. The summed E-state index contributed by atoms with van der Waals surface area (Å²) in [7, 11) is 0. The summed E-state index contributed by atoms with van der Waals surface area (Å²) in [6, 6.07) is 18.3. The highest BCUT2D eigenvalue weighted by molar-refractivity contribution is 7.21. The van der Waals surface area contributed by atoms with Crippen molar-refractivity contribution in [2.45, 2.75) is 6.92 Å². The lowest BCUT2D eigenvalue weighted by Gasteiger charge is -2.07. The maximum absolute atomic E-state index is 6.21. The molecule has 0 bridgehead atoms. The molecule has 0 fully saturated rings. The van der Waals surface area contributed by atoms with Gasteiger partial charge in [-0.25, -0.2) is 9.97 Å². The zero-order chi connectivity index (χ0) is 16.5. The lowest BCUT2D eigenvalue weighted by Crippen LogP contribution is -1.94. The van der Waals surface area contributed by atoms with Crippen molar-refractivity contribution in [3.05, 3.63) is 71.5 Å². The monoisotopic (exact) mass is 351 g/mol. The van der Waals surface area contributed by atoms with Crippen LogP contribution in [0.3, 0.4) is 0 Å². The second kappa shape index (κ2) is 6.23. The fraction of sp³-hybridized carbons (Fsp3) is 0.0526. The fourth-order valence-corrected chi connectivity index (χ4v) is 3.69. The Morgan fingerprint density at radius 1 is 1.00 bits per heavy atom. The molecular weight excluding hydrogens is 338 g/mol. The van der Waals surface area contributed by atoms with Gasteiger partial charge in [0.2, 0.25) is 0 Å². The van der Waals surface area contributed by atoms with Crippen molar-refractivity contribution in [3.63, 3.8) is 0 Å². The summed E-state index contributed by atoms with van der Waals surface area (Å²) < 4.78 is 0. The number of hydrogen-bond donors (Lipinski definition) is 1. The molecule has 0 aliphatic rings. The molecule has 2 aromatic carbocycles. The van der Waals surface area contributed by atoms with Crippen LogP contribution in [0.1, 0.15) is 5.56 Å². The van der Waals surface area contributed by atoms with Crippen molar-refractivity contribution in [2.75, 3.05) is 5.32 Å². The fourth-order valence-electron chi connectivity index (χ4n) is 2.51. The van der Waals surface area contributed by atoms with Gasteiger partial charge in [0.15, 0.2) is 0 Å². The first-order valence-corrected chi connectivity index (χ1v) is 8.73. The van der Waals surface area contributed by atoms with Crippen molar-refractivity contribution in [2.24, 2.45) is 0 Å². The molecule has 0 spiro atoms. The molecule has 0 amide bonds. The number of halogens is 1. The number of nitrogens with zero attached hydrogens (tertiary/aromatic N) is 2. The Kier molecular flexibility index (Phi) is 3.92. The molecule has 0 radical (unpaired) electrons. The van der Waals surface area contributed by atoms with Gasteiger partial charge in [0.1, 0.15) is 17.0 Å². The van der Waals surface area contributed by atoms with Crippen molar-refractivity contribution >= 4 is 44.7 Å². The topological polar surface area (TPSA) is 37.8 Å². The van der Waals surface area contributed by atoms with Gasteiger partial charge in [0.05, 0.1) is 5.39 Å². The lowest BCUT2D eigenvalue weighted by atomic mass is 10.2. The zero-order valence-corrected chi connectivity index (χ0v) is 14.5. The number of benzene rings is 2. The van der Waals surface area contributed by atoms with Gasteiger partial charge < -0.3 is 5.32 Å². The highest BCUT2D eigenvalue weighted by atomic mass is 35.5. The molecule has 0 unspecified atom stereocenters. The predicted molar refractivity (Wildman–Crippen MR) is 102 cm³/mol. The van der Waals surface area contributed by atoms with Gasteiger partial charge in [-0.1, -0.05) is 48.0 Å². The van der Waals surface area contributed by atoms with Crippen LogP contribution >= 0.6 is 22.9 Å². The van der Waals surface area contributed by atoms with E-state index in [0.717, 1.165) is 32.3 Å². The van der Waals surface area contributed by atoms with Gasteiger partial charge in [-0.3, -0.25) is 0 Å². The van der Waals surface area contributed by atoms with Crippen LogP contribution in [-0.4, -0.2) is 9.97 Å². The molecule has 1 N–H and O–H groups in total. The molecule has 24 heavy (non-hydrogen) atoms. The van der Waals surface area contributed by atoms with Crippen LogP contribution in [0, 0.1) is 6.92 Å². The van der Waals surface area contributed by atoms with Gasteiger partial charge in [-0.2, -0.15) is 0 Å². The number of thiophene rings is 1. The predicted octanol–water partition coefficient (Wildman–Crippen LogP) is 6.06. The Morgan fingerprint density at radius 3 is 2.62 bits per heavy atom. The second-order valence-electron chi connectivity index (χ2n) is 5.51. The van der Waals surface area contributed by atoms with Gasteiger partial charge in [0.25, 0.3) is 0 Å². The Morgan fingerprint density at radius 2 is 1.83 bits per heavy atom. The quantitative estimate of drug-likeness (QED) is 0.487. The largest absolute Gasteiger partial charge is 0.340 e. The molecule has 4 aromatic rings. The van der Waals surface area contributed by atoms with E-state index in [4.69, 9.17) is 11.6 Å². The smallest absolute Gasteiger partial charge is 0.142 e. The Labute approximate surface area is 149 Å². The van der Waals surface area contributed by atoms with Crippen molar-refractivity contribution in [1.29, 1.82) is 0 Å². The molecule has 5 heteroatoms. The standard InChI is InChI=1S/C19H14ClN3S/c1-12-7-8-14(9-16(12)20)23-18-15-10-17(13-5-3-2-4-6-13)24-19(15)22-11-21-18/h2-11H,1H3,(H,21,22,23). The van der Waals surface area contributed by atoms with E-state index in [1.54, 1.807) is 17.7 Å². The maximum atomic E-state index is 6.21. The molecule has 0 saturated heterocycles. The summed E-state index contributed by atoms with van der Waals surface area (Å²) in [6.07, 6.45) is 1.59. The van der Waals surface area contributed by atoms with Crippen molar-refractivity contribution in [1.82, 2.24) is 9.97 Å². The maximum Gasteiger partial charge on any atom is 0.142 e. The van der Waals surface area contributed by atoms with E-state index in [1.165, 1.54) is 10.4 Å². The summed E-state index contributed by atoms with van der Waals surface area (Å²) in [5.74, 6) is 0.790. The minimum atomic E-state index is 0.737. The third-order valence-electron chi connectivity index (χ3n) is 3.82. The molecule has 0 saturated carbocycles. The van der Waals surface area contributed by atoms with Gasteiger partial charge in [-0.05, 0) is 36.2 Å². The summed E-state index contributed by atoms with van der Waals surface area (Å²) >= 11 is 7.88. The minimum Gasteiger partial charge on any atom is -0.340 e. The average molecular weight is 352 g/mol. The first-order valence-electron chi connectivity index (χ1n) is 7.54. The molecular formula is C19H14ClN3S. The number of fused-ring (bicyclic) bond motifs is 1. The Bertz CT molecular complexity index is 1010. The Hall–Kier alpha value is -2.43. The van der Waals surface area contributed by atoms with E-state index in [-0.39, 0.29) is 0 Å². The van der Waals surface area contributed by atoms with Crippen LogP contribution in [-0.2, 0) is 0 Å². The van der Waals surface area contributed by atoms with Crippen molar-refractivity contribution < 1.29 is 0 Å². The first kappa shape index (κ1) is 15.1. The molecule has 2 aromatic heterocycles. The van der Waals surface area contributed by atoms with E-state index >= 15 is 0 Å². The molecule has 0 aliphatic heterocycles. The van der Waals surface area contributed by atoms with E-state index in [0.29, 0.717) is 0 Å². The third kappa shape index (κ3) is 2.86. The van der Waals surface area contributed by atoms with E-state index in [1.807, 2.05) is 43.3 Å². The highest BCUT2D eigenvalue weighted by Crippen LogP contribution is 2.35. The van der Waals surface area contributed by atoms with Gasteiger partial charge >= 0.3 is 0 Å². The lowest BCUT2D eigenvalue weighted by molar-refractivity contribution is 1.23. The SMILES string of the molecule is Cc1ccc(Nc2ncnc3sc(-c4ccccc4)cc23)cc1Cl. The Balaban J connectivity index is 1.76. The summed E-state index contributed by atoms with van der Waals surface area (Å²) in [5.41, 5.74) is 3.15. The normalized spacial score (nSPS) is 10.9. The molecule has 118 valence electrons. The molecule has 2 heterocycles. The number of anilines is 2. The minimum absolute atomic E-state index is 0.737. The molecule has 0 atom stereocenters. The number of aromatic nitrogens is 2. The molecule has 3 nitrogen and oxygen atoms in total. The second-order valence-corrected chi connectivity index (χ2v) is 6.94. The molecule has 4 rings (SSSR count). The third-order valence-corrected chi connectivity index (χ3v) is 5.32. The van der Waals surface area contributed by atoms with Gasteiger partial charge in [-0.15, -0.1) is 11.3 Å². The first-order chi connectivity index (χ1) is 11.7. The van der Waals surface area contributed by atoms with Crippen LogP contribution in [0.15, 0.2) is 60.9 Å². The molecule has 0 aliphatic carbocycles. The summed E-state index contributed by atoms with van der Waals surface area (Å²) in [6.45, 7) is 1.99. The number of hydrogen-bond acceptors (Lipinski definition) is 4. The zero-order valence-electron chi connectivity index (χ0n) is 13.0. The van der Waals surface area contributed by atoms with Crippen molar-refractivity contribution in [3.8, 4) is 10.4 Å². The summed E-state index contributed by atoms with van der Waals surface area (Å²) in [5, 5.41) is 5.10. The highest BCUT2D eigenvalue weighted by Gasteiger charge is 2.10. The van der Waals surface area contributed by atoms with Crippen LogP contribution in [0.5, 0.6) is 0 Å². The number of aryl methyl sites for hydroxylation is 1. The number of rotatable bonds is 3. The van der Waals surface area contributed by atoms with Crippen LogP contribution in [0.2, 0.25) is 5.02 Å². The van der Waals surface area contributed by atoms with Crippen LogP contribution in [0.4, 0.5) is 11.5 Å². The summed E-state index contributed by atoms with van der Waals surface area (Å²) in [4.78, 5) is 10.9. The van der Waals surface area contributed by atoms with Crippen LogP contribution in [0.25, 0.3) is 20.7 Å².